The second-order valence-electron chi connectivity index (χ2n) is 5.28. The van der Waals surface area contributed by atoms with E-state index in [4.69, 9.17) is 4.74 Å². The maximum atomic E-state index is 13.9. The summed E-state index contributed by atoms with van der Waals surface area (Å²) in [5, 5.41) is 2.96. The van der Waals surface area contributed by atoms with Gasteiger partial charge in [0.05, 0.1) is 22.8 Å². The Labute approximate surface area is 145 Å². The summed E-state index contributed by atoms with van der Waals surface area (Å²) in [5.74, 6) is -0.225. The van der Waals surface area contributed by atoms with E-state index in [-0.39, 0.29) is 21.7 Å². The van der Waals surface area contributed by atoms with Crippen molar-refractivity contribution in [3.05, 3.63) is 44.8 Å². The highest BCUT2D eigenvalue weighted by Gasteiger charge is 2.34. The minimum Gasteiger partial charge on any atom is -0.493 e. The third kappa shape index (κ3) is 3.48. The fourth-order valence-electron chi connectivity index (χ4n) is 2.43. The summed E-state index contributed by atoms with van der Waals surface area (Å²) in [6, 6.07) is 2.26. The van der Waals surface area contributed by atoms with Crippen molar-refractivity contribution in [3.63, 3.8) is 0 Å². The fourth-order valence-corrected chi connectivity index (χ4v) is 2.85. The van der Waals surface area contributed by atoms with Crippen molar-refractivity contribution in [1.82, 2.24) is 4.98 Å². The van der Waals surface area contributed by atoms with Crippen LogP contribution in [0.25, 0.3) is 0 Å². The van der Waals surface area contributed by atoms with Crippen LogP contribution in [-0.2, 0) is 6.18 Å². The van der Waals surface area contributed by atoms with Crippen molar-refractivity contribution >= 4 is 27.4 Å². The topological polar surface area (TPSA) is 34.1 Å². The van der Waals surface area contributed by atoms with Crippen LogP contribution in [0.1, 0.15) is 22.4 Å². The Kier molecular flexibility index (Phi) is 5.08. The number of aromatic nitrogens is 1. The van der Waals surface area contributed by atoms with E-state index in [0.717, 1.165) is 6.07 Å². The van der Waals surface area contributed by atoms with Gasteiger partial charge >= 0.3 is 6.18 Å². The van der Waals surface area contributed by atoms with Crippen molar-refractivity contribution in [2.75, 3.05) is 12.4 Å². The van der Waals surface area contributed by atoms with Gasteiger partial charge in [0.2, 0.25) is 0 Å². The highest BCUT2D eigenvalue weighted by molar-refractivity contribution is 9.10. The lowest BCUT2D eigenvalue weighted by Crippen LogP contribution is -2.11. The van der Waals surface area contributed by atoms with E-state index >= 15 is 0 Å². The average Bonchev–Trinajstić information content (AvgIpc) is 2.45. The average molecular weight is 407 g/mol. The van der Waals surface area contributed by atoms with Crippen LogP contribution in [0.5, 0.6) is 5.75 Å². The molecule has 0 bridgehead atoms. The molecule has 0 spiro atoms. The van der Waals surface area contributed by atoms with Crippen molar-refractivity contribution in [2.45, 2.75) is 26.9 Å². The van der Waals surface area contributed by atoms with Gasteiger partial charge in [-0.05, 0) is 54.4 Å². The van der Waals surface area contributed by atoms with Gasteiger partial charge in [-0.15, -0.1) is 0 Å². The first-order chi connectivity index (χ1) is 11.1. The quantitative estimate of drug-likeness (QED) is 0.665. The van der Waals surface area contributed by atoms with Gasteiger partial charge in [-0.1, -0.05) is 0 Å². The van der Waals surface area contributed by atoms with Crippen LogP contribution < -0.4 is 10.1 Å². The van der Waals surface area contributed by atoms with Crippen molar-refractivity contribution in [3.8, 4) is 5.75 Å². The van der Waals surface area contributed by atoms with Gasteiger partial charge in [-0.25, -0.2) is 9.37 Å². The van der Waals surface area contributed by atoms with Gasteiger partial charge in [0.25, 0.3) is 0 Å². The number of nitrogens with zero attached hydrogens (tertiary/aromatic N) is 1. The van der Waals surface area contributed by atoms with Crippen LogP contribution in [-0.4, -0.2) is 12.1 Å². The van der Waals surface area contributed by atoms with Gasteiger partial charge in [-0.2, -0.15) is 13.2 Å². The molecule has 0 aliphatic heterocycles. The highest BCUT2D eigenvalue weighted by Crippen LogP contribution is 2.38. The molecule has 130 valence electrons. The molecule has 0 unspecified atom stereocenters. The fraction of sp³-hybridized carbons (Fsp3) is 0.312. The summed E-state index contributed by atoms with van der Waals surface area (Å²) in [6.07, 6.45) is -4.48. The number of nitrogens with one attached hydrogen (secondary N) is 1. The molecule has 0 aliphatic rings. The molecule has 0 radical (unpaired) electrons. The molecule has 0 fully saturated rings. The zero-order valence-electron chi connectivity index (χ0n) is 13.4. The molecule has 0 aliphatic carbocycles. The molecular formula is C16H15BrF4N2O. The minimum atomic E-state index is -4.48. The first-order valence-electron chi connectivity index (χ1n) is 6.91. The summed E-state index contributed by atoms with van der Waals surface area (Å²) >= 11 is 3.10. The van der Waals surface area contributed by atoms with Crippen molar-refractivity contribution in [1.29, 1.82) is 0 Å². The van der Waals surface area contributed by atoms with Gasteiger partial charge < -0.3 is 10.1 Å². The number of methoxy groups -OCH3 is 1. The van der Waals surface area contributed by atoms with E-state index in [1.54, 1.807) is 13.8 Å². The van der Waals surface area contributed by atoms with E-state index in [9.17, 15) is 17.6 Å². The summed E-state index contributed by atoms with van der Waals surface area (Å²) in [5.41, 5.74) is 0.640. The molecule has 1 heterocycles. The number of halogens is 5. The number of alkyl halides is 3. The number of pyridine rings is 1. The van der Waals surface area contributed by atoms with Crippen molar-refractivity contribution in [2.24, 2.45) is 0 Å². The first-order valence-corrected chi connectivity index (χ1v) is 7.70. The number of hydrogen-bond donors (Lipinski definition) is 1. The maximum Gasteiger partial charge on any atom is 0.418 e. The van der Waals surface area contributed by atoms with Crippen LogP contribution in [0.4, 0.5) is 29.1 Å². The lowest BCUT2D eigenvalue weighted by Gasteiger charge is -2.18. The first kappa shape index (κ1) is 18.5. The molecule has 0 saturated carbocycles. The lowest BCUT2D eigenvalue weighted by molar-refractivity contribution is -0.138. The normalized spacial score (nSPS) is 11.5. The molecule has 3 nitrogen and oxygen atoms in total. The number of benzene rings is 1. The predicted molar refractivity (Wildman–Crippen MR) is 87.4 cm³/mol. The lowest BCUT2D eigenvalue weighted by atomic mass is 10.1. The highest BCUT2D eigenvalue weighted by atomic mass is 79.9. The summed E-state index contributed by atoms with van der Waals surface area (Å²) in [6.45, 7) is 4.62. The summed E-state index contributed by atoms with van der Waals surface area (Å²) < 4.78 is 57.8. The van der Waals surface area contributed by atoms with Crippen LogP contribution in [0.2, 0.25) is 0 Å². The Morgan fingerprint density at radius 3 is 2.33 bits per heavy atom. The van der Waals surface area contributed by atoms with E-state index in [2.05, 4.69) is 26.2 Å². The summed E-state index contributed by atoms with van der Waals surface area (Å²) in [4.78, 5) is 3.98. The second kappa shape index (κ2) is 6.58. The third-order valence-corrected chi connectivity index (χ3v) is 4.19. The van der Waals surface area contributed by atoms with Crippen LogP contribution in [0, 0.1) is 26.6 Å². The Morgan fingerprint density at radius 2 is 1.79 bits per heavy atom. The van der Waals surface area contributed by atoms with Gasteiger partial charge in [0.1, 0.15) is 5.82 Å². The molecule has 2 aromatic rings. The molecule has 1 aromatic carbocycles. The van der Waals surface area contributed by atoms with Crippen LogP contribution in [0.15, 0.2) is 16.6 Å². The minimum absolute atomic E-state index is 0.0721. The number of aryl methyl sites for hydroxylation is 2. The zero-order chi connectivity index (χ0) is 18.2. The molecule has 0 amide bonds. The molecule has 2 rings (SSSR count). The monoisotopic (exact) mass is 406 g/mol. The number of rotatable bonds is 3. The third-order valence-electron chi connectivity index (χ3n) is 3.59. The predicted octanol–water partition coefficient (Wildman–Crippen LogP) is 5.68. The van der Waals surface area contributed by atoms with Crippen LogP contribution >= 0.6 is 15.9 Å². The second-order valence-corrected chi connectivity index (χ2v) is 6.14. The smallest absolute Gasteiger partial charge is 0.418 e. The van der Waals surface area contributed by atoms with E-state index in [1.807, 2.05) is 0 Å². The van der Waals surface area contributed by atoms with E-state index < -0.39 is 17.6 Å². The standard InChI is InChI=1S/C16H15BrF4N2O/c1-7-5-12(18)14(24-4)8(2)13(7)23-15-11(17)6-10(9(3)22-15)16(19,20)21/h5-6H,1-4H3,(H,22,23). The number of anilines is 2. The van der Waals surface area contributed by atoms with Gasteiger partial charge in [-0.3, -0.25) is 0 Å². The van der Waals surface area contributed by atoms with Gasteiger partial charge in [0.15, 0.2) is 11.6 Å². The van der Waals surface area contributed by atoms with Gasteiger partial charge in [0, 0.05) is 11.3 Å². The molecule has 1 aromatic heterocycles. The van der Waals surface area contributed by atoms with Crippen molar-refractivity contribution < 1.29 is 22.3 Å². The molecule has 24 heavy (non-hydrogen) atoms. The molecular weight excluding hydrogens is 392 g/mol. The molecule has 0 saturated heterocycles. The zero-order valence-corrected chi connectivity index (χ0v) is 15.0. The Morgan fingerprint density at radius 1 is 1.17 bits per heavy atom. The van der Waals surface area contributed by atoms with E-state index in [0.29, 0.717) is 16.8 Å². The SMILES string of the molecule is COc1c(F)cc(C)c(Nc2nc(C)c(C(F)(F)F)cc2Br)c1C. The Hall–Kier alpha value is -1.83. The largest absolute Gasteiger partial charge is 0.493 e. The number of ether oxygens (including phenoxy) is 1. The van der Waals surface area contributed by atoms with E-state index in [1.165, 1.54) is 20.1 Å². The van der Waals surface area contributed by atoms with Crippen LogP contribution in [0.3, 0.4) is 0 Å². The maximum absolute atomic E-state index is 13.9. The molecule has 8 heteroatoms. The molecule has 1 N–H and O–H groups in total. The number of hydrogen-bond acceptors (Lipinski definition) is 3. The Balaban J connectivity index is 2.52. The molecule has 0 atom stereocenters. The summed E-state index contributed by atoms with van der Waals surface area (Å²) in [7, 11) is 1.35. The Bertz CT molecular complexity index is 791.